The molecule has 0 radical (unpaired) electrons. The Morgan fingerprint density at radius 2 is 2.29 bits per heavy atom. The van der Waals surface area contributed by atoms with Crippen LogP contribution in [0, 0.1) is 0 Å². The minimum absolute atomic E-state index is 0.542. The Hall–Kier alpha value is -0.120. The van der Waals surface area contributed by atoms with Gasteiger partial charge in [0.1, 0.15) is 0 Å². The van der Waals surface area contributed by atoms with E-state index in [1.807, 2.05) is 0 Å². The van der Waals surface area contributed by atoms with E-state index in [1.165, 1.54) is 19.4 Å². The summed E-state index contributed by atoms with van der Waals surface area (Å²) < 4.78 is 5.44. The molecule has 1 N–H and O–H groups in total. The largest absolute Gasteiger partial charge is 0.378 e. The van der Waals surface area contributed by atoms with Gasteiger partial charge in [-0.3, -0.25) is 0 Å². The highest BCUT2D eigenvalue weighted by molar-refractivity contribution is 4.74. The van der Waals surface area contributed by atoms with Crippen LogP contribution in [-0.2, 0) is 4.74 Å². The fraction of sp³-hybridized carbons (Fsp3) is 1.00. The first kappa shape index (κ1) is 12.0. The zero-order valence-electron chi connectivity index (χ0n) is 9.59. The highest BCUT2D eigenvalue weighted by atomic mass is 16.5. The summed E-state index contributed by atoms with van der Waals surface area (Å²) in [6.07, 6.45) is 2.59. The Labute approximate surface area is 87.8 Å². The average molecular weight is 200 g/mol. The van der Waals surface area contributed by atoms with Crippen molar-refractivity contribution in [3.8, 4) is 0 Å². The molecular weight excluding hydrogens is 176 g/mol. The smallest absolute Gasteiger partial charge is 0.0632 e. The summed E-state index contributed by atoms with van der Waals surface area (Å²) in [5.41, 5.74) is 0. The van der Waals surface area contributed by atoms with Gasteiger partial charge < -0.3 is 15.0 Å². The van der Waals surface area contributed by atoms with E-state index in [-0.39, 0.29) is 0 Å². The molecule has 0 aromatic carbocycles. The maximum absolute atomic E-state index is 5.44. The molecule has 1 aliphatic rings. The van der Waals surface area contributed by atoms with Crippen molar-refractivity contribution in [2.75, 3.05) is 39.4 Å². The first-order valence-electron chi connectivity index (χ1n) is 5.90. The molecule has 1 unspecified atom stereocenters. The zero-order chi connectivity index (χ0) is 10.2. The third-order valence-corrected chi connectivity index (χ3v) is 2.75. The first-order chi connectivity index (χ1) is 6.86. The monoisotopic (exact) mass is 200 g/mol. The number of hydrogen-bond acceptors (Lipinski definition) is 3. The molecule has 0 aromatic rings. The molecule has 0 amide bonds. The predicted molar refractivity (Wildman–Crippen MR) is 59.6 cm³/mol. The van der Waals surface area contributed by atoms with E-state index in [0.717, 1.165) is 32.8 Å². The van der Waals surface area contributed by atoms with E-state index in [2.05, 4.69) is 24.1 Å². The molecule has 84 valence electrons. The minimum atomic E-state index is 0.542. The molecule has 0 saturated carbocycles. The minimum Gasteiger partial charge on any atom is -0.378 e. The normalized spacial score (nSPS) is 22.9. The molecule has 1 saturated heterocycles. The van der Waals surface area contributed by atoms with Crippen LogP contribution in [-0.4, -0.2) is 50.3 Å². The predicted octanol–water partition coefficient (Wildman–Crippen LogP) is 1.10. The van der Waals surface area contributed by atoms with Gasteiger partial charge in [0.2, 0.25) is 0 Å². The summed E-state index contributed by atoms with van der Waals surface area (Å²) in [6, 6.07) is 0.542. The van der Waals surface area contributed by atoms with E-state index in [1.54, 1.807) is 0 Å². The molecule has 1 fully saturated rings. The van der Waals surface area contributed by atoms with Gasteiger partial charge in [-0.15, -0.1) is 0 Å². The van der Waals surface area contributed by atoms with E-state index < -0.39 is 0 Å². The molecular formula is C11H24N2O. The summed E-state index contributed by atoms with van der Waals surface area (Å²) in [5, 5.41) is 3.49. The van der Waals surface area contributed by atoms with Crippen LogP contribution in [0.3, 0.4) is 0 Å². The Balaban J connectivity index is 2.16. The van der Waals surface area contributed by atoms with Gasteiger partial charge in [-0.25, -0.2) is 0 Å². The lowest BCUT2D eigenvalue weighted by molar-refractivity contribution is 0.0624. The van der Waals surface area contributed by atoms with Gasteiger partial charge >= 0.3 is 0 Å². The lowest BCUT2D eigenvalue weighted by Gasteiger charge is -2.29. The topological polar surface area (TPSA) is 24.5 Å². The first-order valence-corrected chi connectivity index (χ1v) is 5.90. The van der Waals surface area contributed by atoms with Crippen molar-refractivity contribution in [3.05, 3.63) is 0 Å². The third kappa shape index (κ3) is 4.40. The Kier molecular flexibility index (Phi) is 6.15. The molecule has 1 atom stereocenters. The van der Waals surface area contributed by atoms with Crippen molar-refractivity contribution in [3.63, 3.8) is 0 Å². The molecule has 3 nitrogen and oxygen atoms in total. The Bertz CT molecular complexity index is 135. The molecule has 1 heterocycles. The van der Waals surface area contributed by atoms with Gasteiger partial charge in [-0.2, -0.15) is 0 Å². The highest BCUT2D eigenvalue weighted by Gasteiger charge is 2.15. The van der Waals surface area contributed by atoms with Crippen LogP contribution in [0.1, 0.15) is 26.7 Å². The summed E-state index contributed by atoms with van der Waals surface area (Å²) in [5.74, 6) is 0. The fourth-order valence-corrected chi connectivity index (χ4v) is 1.81. The zero-order valence-corrected chi connectivity index (χ0v) is 9.59. The van der Waals surface area contributed by atoms with Crippen molar-refractivity contribution < 1.29 is 4.74 Å². The van der Waals surface area contributed by atoms with Crippen LogP contribution < -0.4 is 5.32 Å². The molecule has 0 aromatic heterocycles. The molecule has 1 rings (SSSR count). The van der Waals surface area contributed by atoms with Crippen LogP contribution in [0.25, 0.3) is 0 Å². The summed E-state index contributed by atoms with van der Waals surface area (Å²) >= 11 is 0. The number of nitrogens with zero attached hydrogens (tertiary/aromatic N) is 1. The van der Waals surface area contributed by atoms with Crippen molar-refractivity contribution in [2.45, 2.75) is 32.7 Å². The van der Waals surface area contributed by atoms with Gasteiger partial charge in [-0.05, 0) is 19.5 Å². The van der Waals surface area contributed by atoms with Crippen LogP contribution in [0.5, 0.6) is 0 Å². The van der Waals surface area contributed by atoms with Gasteiger partial charge in [0, 0.05) is 19.1 Å². The number of hydrogen-bond donors (Lipinski definition) is 1. The average Bonchev–Trinajstić information content (AvgIpc) is 2.25. The fourth-order valence-electron chi connectivity index (χ4n) is 1.81. The van der Waals surface area contributed by atoms with Crippen LogP contribution >= 0.6 is 0 Å². The standard InChI is InChI=1S/C11H24N2O/c1-3-5-7-13(4-2)9-11-10-14-8-6-12-11/h11-12H,3-10H2,1-2H3. The van der Waals surface area contributed by atoms with E-state index >= 15 is 0 Å². The highest BCUT2D eigenvalue weighted by Crippen LogP contribution is 2.00. The van der Waals surface area contributed by atoms with Crippen molar-refractivity contribution in [2.24, 2.45) is 0 Å². The summed E-state index contributed by atoms with van der Waals surface area (Å²) in [6.45, 7) is 10.8. The van der Waals surface area contributed by atoms with E-state index in [0.29, 0.717) is 6.04 Å². The third-order valence-electron chi connectivity index (χ3n) is 2.75. The van der Waals surface area contributed by atoms with Gasteiger partial charge in [0.05, 0.1) is 13.2 Å². The lowest BCUT2D eigenvalue weighted by Crippen LogP contribution is -2.48. The maximum atomic E-state index is 5.44. The van der Waals surface area contributed by atoms with Crippen LogP contribution in [0.2, 0.25) is 0 Å². The molecule has 1 aliphatic heterocycles. The van der Waals surface area contributed by atoms with Crippen molar-refractivity contribution >= 4 is 0 Å². The molecule has 14 heavy (non-hydrogen) atoms. The number of likely N-dealkylation sites (N-methyl/N-ethyl adjacent to an activating group) is 1. The number of rotatable bonds is 6. The number of nitrogens with one attached hydrogen (secondary N) is 1. The number of unbranched alkanes of at least 4 members (excludes halogenated alkanes) is 1. The number of morpholine rings is 1. The molecule has 0 spiro atoms. The lowest BCUT2D eigenvalue weighted by atomic mass is 10.2. The maximum Gasteiger partial charge on any atom is 0.0632 e. The second kappa shape index (κ2) is 7.21. The van der Waals surface area contributed by atoms with Gasteiger partial charge in [-0.1, -0.05) is 20.3 Å². The second-order valence-corrected chi connectivity index (χ2v) is 3.97. The van der Waals surface area contributed by atoms with Crippen molar-refractivity contribution in [1.82, 2.24) is 10.2 Å². The number of ether oxygens (including phenoxy) is 1. The van der Waals surface area contributed by atoms with E-state index in [9.17, 15) is 0 Å². The van der Waals surface area contributed by atoms with Crippen LogP contribution in [0.4, 0.5) is 0 Å². The quantitative estimate of drug-likeness (QED) is 0.695. The van der Waals surface area contributed by atoms with Gasteiger partial charge in [0.25, 0.3) is 0 Å². The Morgan fingerprint density at radius 1 is 1.43 bits per heavy atom. The molecule has 3 heteroatoms. The van der Waals surface area contributed by atoms with Gasteiger partial charge in [0.15, 0.2) is 0 Å². The summed E-state index contributed by atoms with van der Waals surface area (Å²) in [7, 11) is 0. The second-order valence-electron chi connectivity index (χ2n) is 3.97. The summed E-state index contributed by atoms with van der Waals surface area (Å²) in [4.78, 5) is 2.51. The molecule has 0 bridgehead atoms. The van der Waals surface area contributed by atoms with Crippen LogP contribution in [0.15, 0.2) is 0 Å². The molecule has 0 aliphatic carbocycles. The Morgan fingerprint density at radius 3 is 2.86 bits per heavy atom. The van der Waals surface area contributed by atoms with E-state index in [4.69, 9.17) is 4.74 Å². The van der Waals surface area contributed by atoms with Crippen molar-refractivity contribution in [1.29, 1.82) is 0 Å². The SMILES string of the molecule is CCCCN(CC)CC1COCCN1.